The number of anilines is 1. The fraction of sp³-hybridized carbons (Fsp3) is 0.222. The topological polar surface area (TPSA) is 74.2 Å². The molecule has 124 valence electrons. The van der Waals surface area contributed by atoms with Gasteiger partial charge in [-0.3, -0.25) is 4.98 Å². The van der Waals surface area contributed by atoms with Crippen LogP contribution in [0.3, 0.4) is 0 Å². The number of urea groups is 1. The molecular weight excluding hydrogens is 322 g/mol. The molecule has 3 rings (SSSR count). The van der Waals surface area contributed by atoms with Gasteiger partial charge in [0.2, 0.25) is 0 Å². The predicted molar refractivity (Wildman–Crippen MR) is 97.4 cm³/mol. The number of pyridine rings is 1. The number of aryl methyl sites for hydroxylation is 1. The highest BCUT2D eigenvalue weighted by atomic mass is 32.1. The third kappa shape index (κ3) is 3.55. The molecule has 3 N–H and O–H groups in total. The highest BCUT2D eigenvalue weighted by Crippen LogP contribution is 2.25. The smallest absolute Gasteiger partial charge is 0.319 e. The zero-order chi connectivity index (χ0) is 17.2. The Morgan fingerprint density at radius 2 is 2.08 bits per heavy atom. The molecule has 0 spiro atoms. The predicted octanol–water partition coefficient (Wildman–Crippen LogP) is 3.63. The lowest BCUT2D eigenvalue weighted by Gasteiger charge is -2.22. The van der Waals surface area contributed by atoms with Gasteiger partial charge in [0, 0.05) is 16.0 Å². The number of hydrogen-bond donors (Lipinski definition) is 3. The first-order chi connectivity index (χ1) is 11.5. The summed E-state index contributed by atoms with van der Waals surface area (Å²) in [5, 5.41) is 18.8. The monoisotopic (exact) mass is 341 g/mol. The Labute approximate surface area is 144 Å². The van der Waals surface area contributed by atoms with Crippen LogP contribution in [-0.2, 0) is 5.60 Å². The summed E-state index contributed by atoms with van der Waals surface area (Å²) in [6.07, 6.45) is 0. The van der Waals surface area contributed by atoms with Crippen molar-refractivity contribution in [2.75, 3.05) is 11.9 Å². The van der Waals surface area contributed by atoms with Crippen LogP contribution in [0.5, 0.6) is 0 Å². The quantitative estimate of drug-likeness (QED) is 0.678. The van der Waals surface area contributed by atoms with E-state index < -0.39 is 5.60 Å². The number of fused-ring (bicyclic) bond motifs is 1. The van der Waals surface area contributed by atoms with Gasteiger partial charge in [-0.05, 0) is 37.4 Å². The second-order valence-electron chi connectivity index (χ2n) is 5.89. The van der Waals surface area contributed by atoms with E-state index in [-0.39, 0.29) is 12.6 Å². The molecule has 0 saturated carbocycles. The lowest BCUT2D eigenvalue weighted by atomic mass is 10.1. The second kappa shape index (κ2) is 6.59. The van der Waals surface area contributed by atoms with Gasteiger partial charge in [0.05, 0.1) is 17.7 Å². The number of thiophene rings is 1. The van der Waals surface area contributed by atoms with Crippen LogP contribution in [0.2, 0.25) is 0 Å². The van der Waals surface area contributed by atoms with Crippen molar-refractivity contribution in [2.45, 2.75) is 19.4 Å². The fourth-order valence-electron chi connectivity index (χ4n) is 2.44. The first kappa shape index (κ1) is 16.4. The number of nitrogens with one attached hydrogen (secondary N) is 2. The number of benzene rings is 1. The van der Waals surface area contributed by atoms with Gasteiger partial charge < -0.3 is 15.7 Å². The largest absolute Gasteiger partial charge is 0.383 e. The van der Waals surface area contributed by atoms with E-state index in [4.69, 9.17) is 0 Å². The number of para-hydroxylation sites is 1. The molecule has 5 nitrogen and oxygen atoms in total. The van der Waals surface area contributed by atoms with Crippen LogP contribution in [0.25, 0.3) is 10.9 Å². The van der Waals surface area contributed by atoms with E-state index in [9.17, 15) is 9.90 Å². The van der Waals surface area contributed by atoms with Crippen LogP contribution >= 0.6 is 11.3 Å². The second-order valence-corrected chi connectivity index (χ2v) is 6.84. The van der Waals surface area contributed by atoms with E-state index in [1.807, 2.05) is 54.8 Å². The van der Waals surface area contributed by atoms with Gasteiger partial charge in [-0.15, -0.1) is 11.3 Å². The Morgan fingerprint density at radius 1 is 1.25 bits per heavy atom. The van der Waals surface area contributed by atoms with E-state index in [2.05, 4.69) is 15.6 Å². The Bertz CT molecular complexity index is 860. The molecule has 2 aromatic heterocycles. The molecule has 2 heterocycles. The molecule has 0 aliphatic heterocycles. The van der Waals surface area contributed by atoms with Crippen LogP contribution in [0.1, 0.15) is 17.5 Å². The van der Waals surface area contributed by atoms with Gasteiger partial charge in [-0.2, -0.15) is 0 Å². The summed E-state index contributed by atoms with van der Waals surface area (Å²) >= 11 is 1.46. The maximum Gasteiger partial charge on any atom is 0.319 e. The highest BCUT2D eigenvalue weighted by Gasteiger charge is 2.24. The lowest BCUT2D eigenvalue weighted by Crippen LogP contribution is -2.40. The molecule has 2 amide bonds. The molecule has 1 aromatic carbocycles. The van der Waals surface area contributed by atoms with E-state index in [0.717, 1.165) is 21.5 Å². The number of amides is 2. The van der Waals surface area contributed by atoms with Crippen molar-refractivity contribution in [1.82, 2.24) is 10.3 Å². The molecule has 0 fully saturated rings. The van der Waals surface area contributed by atoms with Crippen LogP contribution in [0, 0.1) is 6.92 Å². The fourth-order valence-corrected chi connectivity index (χ4v) is 3.22. The lowest BCUT2D eigenvalue weighted by molar-refractivity contribution is 0.0637. The number of carbonyl (C=O) groups excluding carboxylic acids is 1. The summed E-state index contributed by atoms with van der Waals surface area (Å²) in [5.74, 6) is 0. The summed E-state index contributed by atoms with van der Waals surface area (Å²) in [7, 11) is 0. The Morgan fingerprint density at radius 3 is 2.83 bits per heavy atom. The Kier molecular flexibility index (Phi) is 4.51. The van der Waals surface area contributed by atoms with Crippen molar-refractivity contribution in [3.63, 3.8) is 0 Å². The Balaban J connectivity index is 1.70. The van der Waals surface area contributed by atoms with E-state index in [1.54, 1.807) is 6.92 Å². The van der Waals surface area contributed by atoms with E-state index in [1.165, 1.54) is 11.3 Å². The summed E-state index contributed by atoms with van der Waals surface area (Å²) in [6.45, 7) is 3.72. The number of hydrogen-bond acceptors (Lipinski definition) is 4. The highest BCUT2D eigenvalue weighted by molar-refractivity contribution is 7.10. The maximum atomic E-state index is 12.2. The minimum absolute atomic E-state index is 0.122. The molecule has 6 heteroatoms. The van der Waals surface area contributed by atoms with Gasteiger partial charge in [0.1, 0.15) is 5.60 Å². The van der Waals surface area contributed by atoms with Crippen LogP contribution in [0.15, 0.2) is 47.8 Å². The number of aromatic nitrogens is 1. The minimum atomic E-state index is -1.10. The zero-order valence-corrected chi connectivity index (χ0v) is 14.4. The third-order valence-electron chi connectivity index (χ3n) is 3.75. The van der Waals surface area contributed by atoms with Crippen LogP contribution in [0.4, 0.5) is 10.5 Å². The number of nitrogens with zero attached hydrogens (tertiary/aromatic N) is 1. The normalized spacial score (nSPS) is 13.5. The number of carbonyl (C=O) groups is 1. The molecule has 0 radical (unpaired) electrons. The first-order valence-corrected chi connectivity index (χ1v) is 8.51. The van der Waals surface area contributed by atoms with Gasteiger partial charge in [0.15, 0.2) is 0 Å². The van der Waals surface area contributed by atoms with Crippen molar-refractivity contribution in [3.05, 3.63) is 58.4 Å². The molecule has 24 heavy (non-hydrogen) atoms. The third-order valence-corrected chi connectivity index (χ3v) is 4.88. The maximum absolute atomic E-state index is 12.2. The van der Waals surface area contributed by atoms with Crippen molar-refractivity contribution in [1.29, 1.82) is 0 Å². The van der Waals surface area contributed by atoms with Gasteiger partial charge in [-0.1, -0.05) is 24.3 Å². The molecule has 3 aromatic rings. The number of rotatable bonds is 4. The Hall–Kier alpha value is -2.44. The van der Waals surface area contributed by atoms with Gasteiger partial charge >= 0.3 is 6.03 Å². The minimum Gasteiger partial charge on any atom is -0.383 e. The van der Waals surface area contributed by atoms with Crippen molar-refractivity contribution in [2.24, 2.45) is 0 Å². The number of aliphatic hydroxyl groups is 1. The molecular formula is C18H19N3O2S. The summed E-state index contributed by atoms with van der Waals surface area (Å²) in [4.78, 5) is 17.5. The molecule has 1 atom stereocenters. The SMILES string of the molecule is Cc1ccc2cccc(NC(=O)NCC(C)(O)c3cccs3)c2n1. The molecule has 1 unspecified atom stereocenters. The van der Waals surface area contributed by atoms with Gasteiger partial charge in [-0.25, -0.2) is 4.79 Å². The standard InChI is InChI=1S/C18H19N3O2S/c1-12-8-9-13-5-3-6-14(16(13)20-12)21-17(22)19-11-18(2,23)15-7-4-10-24-15/h3-10,23H,11H2,1-2H3,(H2,19,21,22). The zero-order valence-electron chi connectivity index (χ0n) is 13.5. The van der Waals surface area contributed by atoms with Crippen molar-refractivity contribution < 1.29 is 9.90 Å². The first-order valence-electron chi connectivity index (χ1n) is 7.63. The molecule has 0 saturated heterocycles. The summed E-state index contributed by atoms with van der Waals surface area (Å²) in [6, 6.07) is 12.9. The van der Waals surface area contributed by atoms with Gasteiger partial charge in [0.25, 0.3) is 0 Å². The van der Waals surface area contributed by atoms with E-state index in [0.29, 0.717) is 5.69 Å². The van der Waals surface area contributed by atoms with Crippen LogP contribution in [-0.4, -0.2) is 22.7 Å². The van der Waals surface area contributed by atoms with Crippen LogP contribution < -0.4 is 10.6 Å². The summed E-state index contributed by atoms with van der Waals surface area (Å²) in [5.41, 5.74) is 1.18. The van der Waals surface area contributed by atoms with Crippen molar-refractivity contribution >= 4 is 34.0 Å². The molecule has 0 bridgehead atoms. The molecule has 0 aliphatic rings. The average Bonchev–Trinajstić information content (AvgIpc) is 3.09. The van der Waals surface area contributed by atoms with Crippen molar-refractivity contribution in [3.8, 4) is 0 Å². The average molecular weight is 341 g/mol. The molecule has 0 aliphatic carbocycles. The summed E-state index contributed by atoms with van der Waals surface area (Å²) < 4.78 is 0. The van der Waals surface area contributed by atoms with E-state index >= 15 is 0 Å².